The van der Waals surface area contributed by atoms with Gasteiger partial charge in [-0.25, -0.2) is 13.1 Å². The molecule has 5 nitrogen and oxygen atoms in total. The number of hydrogen-bond donors (Lipinski definition) is 1. The van der Waals surface area contributed by atoms with Crippen LogP contribution < -0.4 is 4.72 Å². The van der Waals surface area contributed by atoms with Gasteiger partial charge in [0.05, 0.1) is 4.90 Å². The Bertz CT molecular complexity index is 1010. The third-order valence-electron chi connectivity index (χ3n) is 3.69. The van der Waals surface area contributed by atoms with Crippen LogP contribution in [0.4, 0.5) is 0 Å². The van der Waals surface area contributed by atoms with E-state index in [0.717, 1.165) is 15.7 Å². The summed E-state index contributed by atoms with van der Waals surface area (Å²) in [5.41, 5.74) is 2.08. The van der Waals surface area contributed by atoms with Gasteiger partial charge in [0.25, 0.3) is 15.9 Å². The lowest BCUT2D eigenvalue weighted by atomic mass is 10.1. The van der Waals surface area contributed by atoms with E-state index in [4.69, 9.17) is 0 Å². The summed E-state index contributed by atoms with van der Waals surface area (Å²) in [5.74, 6) is -0.662. The van der Waals surface area contributed by atoms with E-state index < -0.39 is 15.9 Å². The molecule has 1 heterocycles. The minimum Gasteiger partial charge on any atom is -0.324 e. The number of rotatable bonds is 4. The molecular formula is C18H15BrN2O3S. The lowest BCUT2D eigenvalue weighted by molar-refractivity contribution is 0.0981. The average Bonchev–Trinajstić information content (AvgIpc) is 3.09. The van der Waals surface area contributed by atoms with Crippen LogP contribution >= 0.6 is 15.9 Å². The van der Waals surface area contributed by atoms with Crippen molar-refractivity contribution in [2.75, 3.05) is 0 Å². The lowest BCUT2D eigenvalue weighted by Crippen LogP contribution is -2.30. The second-order valence-electron chi connectivity index (χ2n) is 5.48. The summed E-state index contributed by atoms with van der Waals surface area (Å²) < 4.78 is 29.4. The first-order valence-electron chi connectivity index (χ1n) is 7.43. The largest absolute Gasteiger partial charge is 0.324 e. The van der Waals surface area contributed by atoms with Crippen LogP contribution in [0.3, 0.4) is 0 Å². The van der Waals surface area contributed by atoms with E-state index in [-0.39, 0.29) is 10.5 Å². The molecular weight excluding hydrogens is 404 g/mol. The van der Waals surface area contributed by atoms with E-state index in [1.807, 2.05) is 36.0 Å². The Labute approximate surface area is 154 Å². The minimum absolute atomic E-state index is 0.0322. The second kappa shape index (κ2) is 6.85. The molecule has 0 unspecified atom stereocenters. The molecule has 0 bridgehead atoms. The predicted octanol–water partition coefficient (Wildman–Crippen LogP) is 3.67. The molecule has 0 saturated carbocycles. The maximum atomic E-state index is 12.3. The first-order valence-corrected chi connectivity index (χ1v) is 9.71. The predicted molar refractivity (Wildman–Crippen MR) is 99.3 cm³/mol. The summed E-state index contributed by atoms with van der Waals surface area (Å²) in [4.78, 5) is 12.4. The van der Waals surface area contributed by atoms with Gasteiger partial charge in [-0.3, -0.25) is 4.79 Å². The zero-order valence-electron chi connectivity index (χ0n) is 13.3. The van der Waals surface area contributed by atoms with Crippen molar-refractivity contribution in [3.63, 3.8) is 0 Å². The molecule has 0 aliphatic carbocycles. The molecule has 7 heteroatoms. The molecule has 1 aromatic heterocycles. The number of carbonyl (C=O) groups excluding carboxylic acids is 1. The van der Waals surface area contributed by atoms with E-state index >= 15 is 0 Å². The van der Waals surface area contributed by atoms with Crippen LogP contribution in [-0.2, 0) is 10.0 Å². The number of halogens is 1. The highest BCUT2D eigenvalue weighted by Gasteiger charge is 2.19. The number of carbonyl (C=O) groups is 1. The second-order valence-corrected chi connectivity index (χ2v) is 8.08. The fourth-order valence-corrected chi connectivity index (χ4v) is 3.67. The third kappa shape index (κ3) is 3.83. The van der Waals surface area contributed by atoms with Crippen LogP contribution in [-0.4, -0.2) is 18.9 Å². The molecule has 2 aromatic carbocycles. The summed E-state index contributed by atoms with van der Waals surface area (Å²) in [6.07, 6.45) is 3.81. The molecule has 1 N–H and O–H groups in total. The normalized spacial score (nSPS) is 11.3. The molecule has 25 heavy (non-hydrogen) atoms. The van der Waals surface area contributed by atoms with E-state index in [1.54, 1.807) is 30.3 Å². The Morgan fingerprint density at radius 2 is 1.68 bits per heavy atom. The van der Waals surface area contributed by atoms with Gasteiger partial charge in [-0.2, -0.15) is 0 Å². The molecule has 0 aliphatic heterocycles. The standard InChI is InChI=1S/C18H15BrN2O3S/c1-13-12-14(4-9-17(13)21-10-2-3-11-21)18(22)20-25(23,24)16-7-5-15(19)6-8-16/h2-12H,1H3,(H,20,22). The molecule has 128 valence electrons. The molecule has 0 spiro atoms. The number of nitrogens with zero attached hydrogens (tertiary/aromatic N) is 1. The third-order valence-corrected chi connectivity index (χ3v) is 5.57. The van der Waals surface area contributed by atoms with Gasteiger partial charge in [0.15, 0.2) is 0 Å². The van der Waals surface area contributed by atoms with Crippen molar-refractivity contribution < 1.29 is 13.2 Å². The molecule has 3 rings (SSSR count). The van der Waals surface area contributed by atoms with Crippen molar-refractivity contribution in [1.29, 1.82) is 0 Å². The monoisotopic (exact) mass is 418 g/mol. The number of benzene rings is 2. The van der Waals surface area contributed by atoms with Crippen molar-refractivity contribution in [3.8, 4) is 5.69 Å². The van der Waals surface area contributed by atoms with Crippen LogP contribution in [0.2, 0.25) is 0 Å². The smallest absolute Gasteiger partial charge is 0.265 e. The molecule has 0 radical (unpaired) electrons. The summed E-state index contributed by atoms with van der Waals surface area (Å²) >= 11 is 3.25. The van der Waals surface area contributed by atoms with Gasteiger partial charge in [-0.1, -0.05) is 15.9 Å². The van der Waals surface area contributed by atoms with Gasteiger partial charge in [-0.05, 0) is 67.1 Å². The fraction of sp³-hybridized carbons (Fsp3) is 0.0556. The van der Waals surface area contributed by atoms with E-state index in [9.17, 15) is 13.2 Å². The fourth-order valence-electron chi connectivity index (χ4n) is 2.44. The first-order chi connectivity index (χ1) is 11.9. The zero-order valence-corrected chi connectivity index (χ0v) is 15.7. The van der Waals surface area contributed by atoms with E-state index in [2.05, 4.69) is 20.7 Å². The van der Waals surface area contributed by atoms with Crippen LogP contribution in [0.5, 0.6) is 0 Å². The Balaban J connectivity index is 1.84. The number of aromatic nitrogens is 1. The summed E-state index contributed by atoms with van der Waals surface area (Å²) in [6.45, 7) is 1.87. The molecule has 0 fully saturated rings. The number of sulfonamides is 1. The SMILES string of the molecule is Cc1cc(C(=O)NS(=O)(=O)c2ccc(Br)cc2)ccc1-n1cccc1. The number of amides is 1. The van der Waals surface area contributed by atoms with Gasteiger partial charge >= 0.3 is 0 Å². The average molecular weight is 419 g/mol. The van der Waals surface area contributed by atoms with Crippen LogP contribution in [0.15, 0.2) is 76.4 Å². The quantitative estimate of drug-likeness (QED) is 0.702. The maximum absolute atomic E-state index is 12.3. The molecule has 0 saturated heterocycles. The lowest BCUT2D eigenvalue weighted by Gasteiger charge is -2.11. The summed E-state index contributed by atoms with van der Waals surface area (Å²) in [7, 11) is -3.92. The highest BCUT2D eigenvalue weighted by molar-refractivity contribution is 9.10. The number of nitrogens with one attached hydrogen (secondary N) is 1. The van der Waals surface area contributed by atoms with Crippen molar-refractivity contribution in [2.45, 2.75) is 11.8 Å². The van der Waals surface area contributed by atoms with E-state index in [1.165, 1.54) is 12.1 Å². The highest BCUT2D eigenvalue weighted by atomic mass is 79.9. The van der Waals surface area contributed by atoms with Crippen molar-refractivity contribution in [1.82, 2.24) is 9.29 Å². The van der Waals surface area contributed by atoms with Gasteiger partial charge in [0.1, 0.15) is 0 Å². The Morgan fingerprint density at radius 3 is 2.28 bits per heavy atom. The van der Waals surface area contributed by atoms with Crippen LogP contribution in [0.1, 0.15) is 15.9 Å². The van der Waals surface area contributed by atoms with Crippen molar-refractivity contribution >= 4 is 31.9 Å². The first kappa shape index (κ1) is 17.4. The Hall–Kier alpha value is -2.38. The molecule has 0 aliphatic rings. The van der Waals surface area contributed by atoms with Crippen LogP contribution in [0.25, 0.3) is 5.69 Å². The van der Waals surface area contributed by atoms with Crippen LogP contribution in [0, 0.1) is 6.92 Å². The summed E-state index contributed by atoms with van der Waals surface area (Å²) in [6, 6.07) is 15.0. The molecule has 1 amide bonds. The topological polar surface area (TPSA) is 68.2 Å². The zero-order chi connectivity index (χ0) is 18.0. The Kier molecular flexibility index (Phi) is 4.78. The molecule has 3 aromatic rings. The molecule has 0 atom stereocenters. The van der Waals surface area contributed by atoms with Gasteiger partial charge < -0.3 is 4.57 Å². The van der Waals surface area contributed by atoms with Gasteiger partial charge in [0.2, 0.25) is 0 Å². The number of aryl methyl sites for hydroxylation is 1. The number of hydrogen-bond acceptors (Lipinski definition) is 3. The summed E-state index contributed by atoms with van der Waals surface area (Å²) in [5, 5.41) is 0. The van der Waals surface area contributed by atoms with E-state index in [0.29, 0.717) is 0 Å². The Morgan fingerprint density at radius 1 is 1.04 bits per heavy atom. The minimum atomic E-state index is -3.92. The van der Waals surface area contributed by atoms with Gasteiger partial charge in [-0.15, -0.1) is 0 Å². The van der Waals surface area contributed by atoms with Crippen molar-refractivity contribution in [2.24, 2.45) is 0 Å². The maximum Gasteiger partial charge on any atom is 0.265 e. The van der Waals surface area contributed by atoms with Gasteiger partial charge in [0, 0.05) is 28.1 Å². The van der Waals surface area contributed by atoms with Crippen molar-refractivity contribution in [3.05, 3.63) is 82.6 Å². The highest BCUT2D eigenvalue weighted by Crippen LogP contribution is 2.18.